The van der Waals surface area contributed by atoms with E-state index in [0.717, 1.165) is 52.4 Å². The van der Waals surface area contributed by atoms with E-state index in [-0.39, 0.29) is 0 Å². The molecule has 5 nitrogen and oxygen atoms in total. The van der Waals surface area contributed by atoms with E-state index in [1.807, 2.05) is 18.3 Å². The Morgan fingerprint density at radius 2 is 1.86 bits per heavy atom. The minimum atomic E-state index is 0.721. The van der Waals surface area contributed by atoms with E-state index >= 15 is 0 Å². The second kappa shape index (κ2) is 5.70. The molecule has 3 heterocycles. The third-order valence-electron chi connectivity index (χ3n) is 3.78. The highest BCUT2D eigenvalue weighted by Crippen LogP contribution is 2.33. The summed E-state index contributed by atoms with van der Waals surface area (Å²) >= 11 is 7.91. The largest absolute Gasteiger partial charge is 0.352 e. The normalized spacial score (nSPS) is 15.5. The third-order valence-corrected chi connectivity index (χ3v) is 5.17. The van der Waals surface area contributed by atoms with E-state index in [0.29, 0.717) is 0 Å². The SMILES string of the molecule is Clc1cccc2sc(N3CCN(c4cnccn4)CC3)nc12. The van der Waals surface area contributed by atoms with Crippen LogP contribution in [0.4, 0.5) is 10.9 Å². The summed E-state index contributed by atoms with van der Waals surface area (Å²) in [6, 6.07) is 5.93. The molecule has 3 aromatic rings. The summed E-state index contributed by atoms with van der Waals surface area (Å²) in [7, 11) is 0. The summed E-state index contributed by atoms with van der Waals surface area (Å²) in [5, 5.41) is 1.76. The predicted octanol–water partition coefficient (Wildman–Crippen LogP) is 3.07. The molecule has 1 fully saturated rings. The Balaban J connectivity index is 1.52. The number of fused-ring (bicyclic) bond motifs is 1. The van der Waals surface area contributed by atoms with Gasteiger partial charge in [0.05, 0.1) is 15.9 Å². The fourth-order valence-electron chi connectivity index (χ4n) is 2.62. The summed E-state index contributed by atoms with van der Waals surface area (Å²) in [5.41, 5.74) is 0.903. The van der Waals surface area contributed by atoms with Gasteiger partial charge in [-0.1, -0.05) is 29.0 Å². The fourth-order valence-corrected chi connectivity index (χ4v) is 3.94. The molecule has 1 aliphatic rings. The molecular formula is C15H14ClN5S. The van der Waals surface area contributed by atoms with Gasteiger partial charge in [-0.2, -0.15) is 0 Å². The number of nitrogens with zero attached hydrogens (tertiary/aromatic N) is 5. The molecule has 0 amide bonds. The highest BCUT2D eigenvalue weighted by atomic mass is 35.5. The Labute approximate surface area is 137 Å². The van der Waals surface area contributed by atoms with E-state index in [9.17, 15) is 0 Å². The highest BCUT2D eigenvalue weighted by molar-refractivity contribution is 7.22. The Bertz CT molecular complexity index is 783. The molecule has 0 saturated carbocycles. The number of hydrogen-bond acceptors (Lipinski definition) is 6. The van der Waals surface area contributed by atoms with Crippen LogP contribution in [-0.4, -0.2) is 41.1 Å². The summed E-state index contributed by atoms with van der Waals surface area (Å²) in [4.78, 5) is 17.8. The molecule has 7 heteroatoms. The summed E-state index contributed by atoms with van der Waals surface area (Å²) in [5.74, 6) is 0.939. The lowest BCUT2D eigenvalue weighted by atomic mass is 10.3. The smallest absolute Gasteiger partial charge is 0.186 e. The zero-order valence-electron chi connectivity index (χ0n) is 11.8. The van der Waals surface area contributed by atoms with Crippen molar-refractivity contribution in [2.45, 2.75) is 0 Å². The Hall–Kier alpha value is -1.92. The van der Waals surface area contributed by atoms with Crippen molar-refractivity contribution in [3.05, 3.63) is 41.8 Å². The van der Waals surface area contributed by atoms with Crippen LogP contribution < -0.4 is 9.80 Å². The van der Waals surface area contributed by atoms with Crippen LogP contribution in [0.1, 0.15) is 0 Å². The van der Waals surface area contributed by atoms with Gasteiger partial charge in [0.2, 0.25) is 0 Å². The second-order valence-electron chi connectivity index (χ2n) is 5.12. The summed E-state index contributed by atoms with van der Waals surface area (Å²) < 4.78 is 1.14. The van der Waals surface area contributed by atoms with E-state index < -0.39 is 0 Å². The number of anilines is 2. The molecular weight excluding hydrogens is 318 g/mol. The molecule has 0 spiro atoms. The van der Waals surface area contributed by atoms with Gasteiger partial charge in [-0.05, 0) is 12.1 Å². The predicted molar refractivity (Wildman–Crippen MR) is 91.1 cm³/mol. The topological polar surface area (TPSA) is 45.2 Å². The average Bonchev–Trinajstić information content (AvgIpc) is 3.02. The molecule has 0 bridgehead atoms. The van der Waals surface area contributed by atoms with E-state index in [4.69, 9.17) is 16.6 Å². The lowest BCUT2D eigenvalue weighted by molar-refractivity contribution is 0.645. The molecule has 1 saturated heterocycles. The molecule has 112 valence electrons. The van der Waals surface area contributed by atoms with Gasteiger partial charge in [0.15, 0.2) is 5.13 Å². The van der Waals surface area contributed by atoms with Gasteiger partial charge in [-0.25, -0.2) is 9.97 Å². The Kier molecular flexibility index (Phi) is 3.56. The first-order chi connectivity index (χ1) is 10.8. The van der Waals surface area contributed by atoms with Crippen LogP contribution in [0.15, 0.2) is 36.8 Å². The number of para-hydroxylation sites is 1. The monoisotopic (exact) mass is 331 g/mol. The van der Waals surface area contributed by atoms with Crippen LogP contribution in [0.3, 0.4) is 0 Å². The minimum Gasteiger partial charge on any atom is -0.352 e. The first-order valence-corrected chi connectivity index (χ1v) is 8.32. The first kappa shape index (κ1) is 13.7. The lowest BCUT2D eigenvalue weighted by Crippen LogP contribution is -2.46. The number of benzene rings is 1. The zero-order chi connectivity index (χ0) is 14.9. The van der Waals surface area contributed by atoms with Crippen molar-refractivity contribution in [2.75, 3.05) is 36.0 Å². The maximum atomic E-state index is 6.21. The molecule has 22 heavy (non-hydrogen) atoms. The van der Waals surface area contributed by atoms with Crippen LogP contribution in [-0.2, 0) is 0 Å². The van der Waals surface area contributed by atoms with E-state index in [1.54, 1.807) is 23.7 Å². The zero-order valence-corrected chi connectivity index (χ0v) is 13.4. The molecule has 0 atom stereocenters. The van der Waals surface area contributed by atoms with Crippen LogP contribution in [0, 0.1) is 0 Å². The van der Waals surface area contributed by atoms with Crippen LogP contribution >= 0.6 is 22.9 Å². The van der Waals surface area contributed by atoms with Crippen molar-refractivity contribution < 1.29 is 0 Å². The number of rotatable bonds is 2. The van der Waals surface area contributed by atoms with Crippen molar-refractivity contribution in [2.24, 2.45) is 0 Å². The number of thiazole rings is 1. The Morgan fingerprint density at radius 1 is 1.05 bits per heavy atom. The highest BCUT2D eigenvalue weighted by Gasteiger charge is 2.21. The van der Waals surface area contributed by atoms with Gasteiger partial charge in [0.25, 0.3) is 0 Å². The van der Waals surface area contributed by atoms with Gasteiger partial charge < -0.3 is 9.80 Å². The quantitative estimate of drug-likeness (QED) is 0.722. The van der Waals surface area contributed by atoms with Crippen molar-refractivity contribution in [3.63, 3.8) is 0 Å². The number of piperazine rings is 1. The van der Waals surface area contributed by atoms with Crippen LogP contribution in [0.5, 0.6) is 0 Å². The van der Waals surface area contributed by atoms with Gasteiger partial charge >= 0.3 is 0 Å². The standard InChI is InChI=1S/C15H14ClN5S/c16-11-2-1-3-12-14(11)19-15(22-12)21-8-6-20(7-9-21)13-10-17-4-5-18-13/h1-5,10H,6-9H2. The lowest BCUT2D eigenvalue weighted by Gasteiger charge is -2.34. The average molecular weight is 332 g/mol. The molecule has 0 radical (unpaired) electrons. The minimum absolute atomic E-state index is 0.721. The molecule has 4 rings (SSSR count). The molecule has 2 aromatic heterocycles. The Morgan fingerprint density at radius 3 is 2.59 bits per heavy atom. The van der Waals surface area contributed by atoms with Gasteiger partial charge in [0.1, 0.15) is 11.3 Å². The summed E-state index contributed by atoms with van der Waals surface area (Å²) in [6.45, 7) is 3.69. The van der Waals surface area contributed by atoms with Gasteiger partial charge in [-0.3, -0.25) is 4.98 Å². The maximum absolute atomic E-state index is 6.21. The summed E-state index contributed by atoms with van der Waals surface area (Å²) in [6.07, 6.45) is 5.25. The first-order valence-electron chi connectivity index (χ1n) is 7.12. The fraction of sp³-hybridized carbons (Fsp3) is 0.267. The third kappa shape index (κ3) is 2.48. The van der Waals surface area contributed by atoms with Crippen molar-refractivity contribution in [1.82, 2.24) is 15.0 Å². The van der Waals surface area contributed by atoms with E-state index in [2.05, 4.69) is 25.8 Å². The number of halogens is 1. The second-order valence-corrected chi connectivity index (χ2v) is 6.54. The molecule has 0 N–H and O–H groups in total. The van der Waals surface area contributed by atoms with Crippen molar-refractivity contribution >= 4 is 44.1 Å². The molecule has 0 aliphatic carbocycles. The van der Waals surface area contributed by atoms with Crippen molar-refractivity contribution in [1.29, 1.82) is 0 Å². The van der Waals surface area contributed by atoms with Crippen molar-refractivity contribution in [3.8, 4) is 0 Å². The molecule has 1 aliphatic heterocycles. The van der Waals surface area contributed by atoms with E-state index in [1.165, 1.54) is 0 Å². The van der Waals surface area contributed by atoms with Gasteiger partial charge in [0, 0.05) is 38.6 Å². The van der Waals surface area contributed by atoms with Crippen LogP contribution in [0.25, 0.3) is 10.2 Å². The molecule has 0 unspecified atom stereocenters. The van der Waals surface area contributed by atoms with Crippen LogP contribution in [0.2, 0.25) is 5.02 Å². The maximum Gasteiger partial charge on any atom is 0.186 e. The number of aromatic nitrogens is 3. The molecule has 1 aromatic carbocycles. The number of hydrogen-bond donors (Lipinski definition) is 0. The van der Waals surface area contributed by atoms with Gasteiger partial charge in [-0.15, -0.1) is 0 Å².